The maximum atomic E-state index is 11.7. The van der Waals surface area contributed by atoms with Crippen LogP contribution in [0.5, 0.6) is 0 Å². The fourth-order valence-corrected chi connectivity index (χ4v) is 2.77. The van der Waals surface area contributed by atoms with Gasteiger partial charge in [0.2, 0.25) is 0 Å². The molecule has 0 rings (SSSR count). The third-order valence-corrected chi connectivity index (χ3v) is 4.66. The van der Waals surface area contributed by atoms with Gasteiger partial charge in [-0.3, -0.25) is 9.05 Å². The van der Waals surface area contributed by atoms with Crippen LogP contribution in [0, 0.1) is 0 Å². The Morgan fingerprint density at radius 3 is 1.88 bits per heavy atom. The van der Waals surface area contributed by atoms with Crippen LogP contribution in [0.3, 0.4) is 0 Å². The molecule has 0 radical (unpaired) electrons. The molecule has 0 aliphatic rings. The van der Waals surface area contributed by atoms with Gasteiger partial charge in [0.1, 0.15) is 13.2 Å². The van der Waals surface area contributed by atoms with Crippen molar-refractivity contribution < 1.29 is 32.5 Å². The van der Waals surface area contributed by atoms with Crippen LogP contribution in [-0.4, -0.2) is 62.9 Å². The number of carbonyl (C=O) groups is 1. The van der Waals surface area contributed by atoms with E-state index in [0.29, 0.717) is 23.2 Å². The summed E-state index contributed by atoms with van der Waals surface area (Å²) in [6.07, 6.45) is 6.78. The number of phosphoric ester groups is 1. The van der Waals surface area contributed by atoms with Crippen molar-refractivity contribution in [2.75, 3.05) is 47.5 Å². The molecule has 0 amide bonds. The Morgan fingerprint density at radius 1 is 0.923 bits per heavy atom. The van der Waals surface area contributed by atoms with Crippen molar-refractivity contribution in [3.63, 3.8) is 0 Å². The molecule has 0 aromatic carbocycles. The highest BCUT2D eigenvalue weighted by molar-refractivity contribution is 7.47. The second kappa shape index (κ2) is 13.4. The molecule has 0 fully saturated rings. The first-order chi connectivity index (χ1) is 12.0. The number of ether oxygens (including phenoxy) is 1. The molecule has 8 heteroatoms. The smallest absolute Gasteiger partial charge is 0.462 e. The van der Waals surface area contributed by atoms with E-state index in [0.717, 1.165) is 44.9 Å². The number of unbranched alkanes of at least 4 members (excludes halogenated alkanes) is 6. The van der Waals surface area contributed by atoms with Crippen LogP contribution in [0.1, 0.15) is 51.9 Å². The Hall–Kier alpha value is -0.720. The van der Waals surface area contributed by atoms with Crippen molar-refractivity contribution in [1.29, 1.82) is 0 Å². The number of hydrogen-bond acceptors (Lipinski definition) is 5. The lowest BCUT2D eigenvalue weighted by Gasteiger charge is -2.24. The van der Waals surface area contributed by atoms with E-state index in [-0.39, 0.29) is 19.2 Å². The zero-order valence-electron chi connectivity index (χ0n) is 16.9. The van der Waals surface area contributed by atoms with Crippen LogP contribution in [0.2, 0.25) is 0 Å². The Balaban J connectivity index is 3.46. The predicted octanol–water partition coefficient (Wildman–Crippen LogP) is 3.68. The van der Waals surface area contributed by atoms with E-state index in [9.17, 15) is 14.3 Å². The molecule has 0 aromatic heterocycles. The number of likely N-dealkylation sites (N-methyl/N-ethyl adjacent to an activating group) is 1. The first-order valence-electron chi connectivity index (χ1n) is 9.28. The Labute approximate surface area is 158 Å². The van der Waals surface area contributed by atoms with Crippen LogP contribution in [0.25, 0.3) is 0 Å². The van der Waals surface area contributed by atoms with Crippen LogP contribution in [0.4, 0.5) is 0 Å². The first kappa shape index (κ1) is 25.3. The van der Waals surface area contributed by atoms with Gasteiger partial charge < -0.3 is 14.1 Å². The molecule has 1 N–H and O–H groups in total. The van der Waals surface area contributed by atoms with Gasteiger partial charge in [0.15, 0.2) is 0 Å². The average Bonchev–Trinajstić information content (AvgIpc) is 2.50. The monoisotopic (exact) mass is 394 g/mol. The summed E-state index contributed by atoms with van der Waals surface area (Å²) >= 11 is 0. The fourth-order valence-electron chi connectivity index (χ4n) is 2.02. The van der Waals surface area contributed by atoms with E-state index in [4.69, 9.17) is 13.8 Å². The van der Waals surface area contributed by atoms with Gasteiger partial charge in [0.25, 0.3) is 0 Å². The Kier molecular flexibility index (Phi) is 13.1. The van der Waals surface area contributed by atoms with Crippen molar-refractivity contribution >= 4 is 13.8 Å². The minimum absolute atomic E-state index is 0.193. The van der Waals surface area contributed by atoms with Crippen molar-refractivity contribution in [2.45, 2.75) is 51.9 Å². The minimum atomic E-state index is -3.93. The largest absolute Gasteiger partial charge is 0.472 e. The van der Waals surface area contributed by atoms with Gasteiger partial charge >= 0.3 is 13.8 Å². The predicted molar refractivity (Wildman–Crippen MR) is 103 cm³/mol. The molecule has 7 nitrogen and oxygen atoms in total. The maximum absolute atomic E-state index is 11.7. The third-order valence-electron chi connectivity index (χ3n) is 3.64. The molecule has 0 spiro atoms. The first-order valence-corrected chi connectivity index (χ1v) is 10.8. The highest BCUT2D eigenvalue weighted by Gasteiger charge is 2.21. The van der Waals surface area contributed by atoms with E-state index in [1.165, 1.54) is 0 Å². The molecule has 0 aliphatic carbocycles. The van der Waals surface area contributed by atoms with Gasteiger partial charge in [0, 0.05) is 5.57 Å². The third kappa shape index (κ3) is 16.7. The lowest BCUT2D eigenvalue weighted by molar-refractivity contribution is -0.870. The maximum Gasteiger partial charge on any atom is 0.472 e. The van der Waals surface area contributed by atoms with Gasteiger partial charge in [-0.2, -0.15) is 0 Å². The minimum Gasteiger partial charge on any atom is -0.462 e. The van der Waals surface area contributed by atoms with E-state index < -0.39 is 7.82 Å². The van der Waals surface area contributed by atoms with Crippen molar-refractivity contribution in [2.24, 2.45) is 0 Å². The summed E-state index contributed by atoms with van der Waals surface area (Å²) in [7, 11) is 2.04. The molecule has 0 aromatic rings. The molecular formula is C18H37NO6P+. The summed E-state index contributed by atoms with van der Waals surface area (Å²) in [5, 5.41) is 0. The van der Waals surface area contributed by atoms with Crippen molar-refractivity contribution in [1.82, 2.24) is 0 Å². The van der Waals surface area contributed by atoms with E-state index in [2.05, 4.69) is 6.58 Å². The van der Waals surface area contributed by atoms with Crippen LogP contribution < -0.4 is 0 Å². The molecule has 154 valence electrons. The molecule has 1 unspecified atom stereocenters. The van der Waals surface area contributed by atoms with E-state index >= 15 is 0 Å². The topological polar surface area (TPSA) is 82.1 Å². The molecule has 0 heterocycles. The van der Waals surface area contributed by atoms with Crippen LogP contribution >= 0.6 is 7.82 Å². The summed E-state index contributed by atoms with van der Waals surface area (Å²) in [6, 6.07) is 0. The van der Waals surface area contributed by atoms with Crippen molar-refractivity contribution in [3.8, 4) is 0 Å². The summed E-state index contributed by atoms with van der Waals surface area (Å²) in [4.78, 5) is 20.7. The zero-order valence-corrected chi connectivity index (χ0v) is 17.8. The normalized spacial score (nSPS) is 14.0. The molecule has 0 saturated heterocycles. The number of quaternary nitrogens is 1. The van der Waals surface area contributed by atoms with Gasteiger partial charge in [-0.1, -0.05) is 38.7 Å². The van der Waals surface area contributed by atoms with Crippen molar-refractivity contribution in [3.05, 3.63) is 12.2 Å². The molecule has 1 atom stereocenters. The number of rotatable bonds is 16. The van der Waals surface area contributed by atoms with Gasteiger partial charge in [-0.25, -0.2) is 9.36 Å². The highest BCUT2D eigenvalue weighted by Crippen LogP contribution is 2.43. The van der Waals surface area contributed by atoms with Gasteiger partial charge in [-0.05, 0) is 19.8 Å². The lowest BCUT2D eigenvalue weighted by atomic mass is 10.1. The Morgan fingerprint density at radius 2 is 1.38 bits per heavy atom. The zero-order chi connectivity index (χ0) is 20.1. The van der Waals surface area contributed by atoms with Crippen LogP contribution in [-0.2, 0) is 23.1 Å². The van der Waals surface area contributed by atoms with Crippen LogP contribution in [0.15, 0.2) is 12.2 Å². The standard InChI is InChI=1S/C18H36NO6P/c1-17(2)18(20)23-14-11-9-7-6-8-10-12-15-24-26(21,22)25-16-13-19(3,4)5/h1,6-16H2,2-5H3/p+1. The van der Waals surface area contributed by atoms with Gasteiger partial charge in [-0.15, -0.1) is 0 Å². The lowest BCUT2D eigenvalue weighted by Crippen LogP contribution is -2.37. The van der Waals surface area contributed by atoms with Gasteiger partial charge in [0.05, 0.1) is 34.4 Å². The second-order valence-corrected chi connectivity index (χ2v) is 8.99. The quantitative estimate of drug-likeness (QED) is 0.141. The fraction of sp³-hybridized carbons (Fsp3) is 0.833. The second-order valence-electron chi connectivity index (χ2n) is 7.54. The molecule has 0 bridgehead atoms. The average molecular weight is 394 g/mol. The Bertz CT molecular complexity index is 461. The summed E-state index contributed by atoms with van der Waals surface area (Å²) in [5.41, 5.74) is 0.429. The summed E-state index contributed by atoms with van der Waals surface area (Å²) in [6.45, 7) is 6.68. The number of esters is 1. The summed E-state index contributed by atoms with van der Waals surface area (Å²) < 4.78 is 27.3. The van der Waals surface area contributed by atoms with E-state index in [1.54, 1.807) is 6.92 Å². The molecule has 0 saturated carbocycles. The SMILES string of the molecule is C=C(C)C(=O)OCCCCCCCCCOP(=O)(O)OCC[N+](C)(C)C. The number of phosphoric acid groups is 1. The highest BCUT2D eigenvalue weighted by atomic mass is 31.2. The number of carbonyl (C=O) groups excluding carboxylic acids is 1. The number of hydrogen-bond donors (Lipinski definition) is 1. The molecule has 0 aliphatic heterocycles. The molecular weight excluding hydrogens is 357 g/mol. The molecule has 26 heavy (non-hydrogen) atoms. The van der Waals surface area contributed by atoms with E-state index in [1.807, 2.05) is 21.1 Å². The number of nitrogens with zero attached hydrogens (tertiary/aromatic N) is 1. The summed E-state index contributed by atoms with van der Waals surface area (Å²) in [5.74, 6) is -0.326.